The lowest BCUT2D eigenvalue weighted by atomic mass is 10.2. The third-order valence-corrected chi connectivity index (χ3v) is 4.66. The molecule has 0 aliphatic heterocycles. The van der Waals surface area contributed by atoms with Crippen molar-refractivity contribution in [1.29, 1.82) is 0 Å². The molecule has 0 bridgehead atoms. The molecule has 3 aromatic carbocycles. The fraction of sp³-hybridized carbons (Fsp3) is 0.0833. The van der Waals surface area contributed by atoms with E-state index in [2.05, 4.69) is 0 Å². The Balaban J connectivity index is 1.92. The molecule has 0 unspecified atom stereocenters. The molecule has 5 heteroatoms. The van der Waals surface area contributed by atoms with Gasteiger partial charge in [0.1, 0.15) is 22.8 Å². The number of hydrogen-bond donors (Lipinski definition) is 0. The van der Waals surface area contributed by atoms with Gasteiger partial charge in [-0.3, -0.25) is 9.36 Å². The van der Waals surface area contributed by atoms with Crippen LogP contribution in [0.4, 0.5) is 0 Å². The quantitative estimate of drug-likeness (QED) is 0.506. The lowest BCUT2D eigenvalue weighted by molar-refractivity contribution is 0.415. The maximum absolute atomic E-state index is 13.3. The summed E-state index contributed by atoms with van der Waals surface area (Å²) in [6.45, 7) is 0. The van der Waals surface area contributed by atoms with Crippen molar-refractivity contribution in [2.45, 2.75) is 0 Å². The van der Waals surface area contributed by atoms with Crippen molar-refractivity contribution in [3.8, 4) is 17.2 Å². The fourth-order valence-corrected chi connectivity index (χ4v) is 3.19. The number of nitrogens with zero attached hydrogens (tertiary/aromatic N) is 2. The van der Waals surface area contributed by atoms with E-state index in [1.807, 2.05) is 66.7 Å². The molecule has 144 valence electrons. The summed E-state index contributed by atoms with van der Waals surface area (Å²) in [5, 5.41) is 0.509. The molecular formula is C24H20N2O3. The minimum Gasteiger partial charge on any atom is -0.497 e. The molecule has 0 spiro atoms. The van der Waals surface area contributed by atoms with Gasteiger partial charge in [-0.2, -0.15) is 0 Å². The van der Waals surface area contributed by atoms with Crippen molar-refractivity contribution in [3.05, 3.63) is 94.5 Å². The molecular weight excluding hydrogens is 364 g/mol. The summed E-state index contributed by atoms with van der Waals surface area (Å²) in [5.41, 5.74) is 2.12. The zero-order chi connectivity index (χ0) is 20.2. The topological polar surface area (TPSA) is 53.4 Å². The second-order valence-corrected chi connectivity index (χ2v) is 6.41. The van der Waals surface area contributed by atoms with Crippen LogP contribution in [0.5, 0.6) is 11.5 Å². The lowest BCUT2D eigenvalue weighted by Gasteiger charge is -2.13. The van der Waals surface area contributed by atoms with Crippen molar-refractivity contribution < 1.29 is 9.47 Å². The van der Waals surface area contributed by atoms with Gasteiger partial charge in [0.2, 0.25) is 0 Å². The summed E-state index contributed by atoms with van der Waals surface area (Å²) in [7, 11) is 3.21. The van der Waals surface area contributed by atoms with Crippen LogP contribution >= 0.6 is 0 Å². The Labute approximate surface area is 168 Å². The number of hydrogen-bond acceptors (Lipinski definition) is 4. The van der Waals surface area contributed by atoms with E-state index in [4.69, 9.17) is 14.5 Å². The number of aromatic nitrogens is 2. The Morgan fingerprint density at radius 1 is 0.828 bits per heavy atom. The molecule has 4 aromatic rings. The van der Waals surface area contributed by atoms with Crippen molar-refractivity contribution in [1.82, 2.24) is 9.55 Å². The minimum atomic E-state index is -0.144. The van der Waals surface area contributed by atoms with Gasteiger partial charge in [-0.1, -0.05) is 42.5 Å². The Bertz CT molecular complexity index is 1230. The molecule has 0 aliphatic carbocycles. The molecule has 1 heterocycles. The normalized spacial score (nSPS) is 11.1. The Kier molecular flexibility index (Phi) is 5.12. The van der Waals surface area contributed by atoms with Crippen molar-refractivity contribution >= 4 is 23.1 Å². The van der Waals surface area contributed by atoms with Gasteiger partial charge in [0.05, 0.1) is 25.3 Å². The smallest absolute Gasteiger partial charge is 0.266 e. The maximum atomic E-state index is 13.3. The molecule has 0 radical (unpaired) electrons. The van der Waals surface area contributed by atoms with Gasteiger partial charge in [-0.15, -0.1) is 0 Å². The zero-order valence-electron chi connectivity index (χ0n) is 16.2. The maximum Gasteiger partial charge on any atom is 0.266 e. The van der Waals surface area contributed by atoms with Gasteiger partial charge in [0.15, 0.2) is 0 Å². The van der Waals surface area contributed by atoms with E-state index in [-0.39, 0.29) is 5.56 Å². The number of rotatable bonds is 5. The number of benzene rings is 3. The Morgan fingerprint density at radius 2 is 1.59 bits per heavy atom. The average Bonchev–Trinajstić information content (AvgIpc) is 2.78. The molecule has 0 fully saturated rings. The second-order valence-electron chi connectivity index (χ2n) is 6.41. The van der Waals surface area contributed by atoms with E-state index in [0.717, 1.165) is 17.0 Å². The van der Waals surface area contributed by atoms with Gasteiger partial charge in [0.25, 0.3) is 5.56 Å². The molecule has 0 N–H and O–H groups in total. The van der Waals surface area contributed by atoms with Crippen LogP contribution in [-0.4, -0.2) is 23.8 Å². The molecule has 29 heavy (non-hydrogen) atoms. The second kappa shape index (κ2) is 8.02. The van der Waals surface area contributed by atoms with Gasteiger partial charge in [0, 0.05) is 0 Å². The van der Waals surface area contributed by atoms with Crippen LogP contribution in [0.1, 0.15) is 11.4 Å². The van der Waals surface area contributed by atoms with E-state index in [0.29, 0.717) is 22.5 Å². The number of ether oxygens (including phenoxy) is 2. The highest BCUT2D eigenvalue weighted by atomic mass is 16.5. The third kappa shape index (κ3) is 3.62. The van der Waals surface area contributed by atoms with Crippen LogP contribution in [-0.2, 0) is 0 Å². The SMILES string of the molecule is COc1ccc(/C=C/c2nc3c(OC)cccc3c(=O)n2-c2ccccc2)cc1. The molecule has 1 aromatic heterocycles. The van der Waals surface area contributed by atoms with Gasteiger partial charge >= 0.3 is 0 Å². The first kappa shape index (κ1) is 18.5. The summed E-state index contributed by atoms with van der Waals surface area (Å²) in [4.78, 5) is 18.1. The molecule has 0 aliphatic rings. The largest absolute Gasteiger partial charge is 0.497 e. The molecule has 0 atom stereocenters. The molecule has 4 rings (SSSR count). The number of fused-ring (bicyclic) bond motifs is 1. The molecule has 5 nitrogen and oxygen atoms in total. The van der Waals surface area contributed by atoms with Crippen LogP contribution in [0.3, 0.4) is 0 Å². The molecule has 0 saturated carbocycles. The summed E-state index contributed by atoms with van der Waals surface area (Å²) in [6.07, 6.45) is 3.75. The highest BCUT2D eigenvalue weighted by Crippen LogP contribution is 2.23. The summed E-state index contributed by atoms with van der Waals surface area (Å²) >= 11 is 0. The van der Waals surface area contributed by atoms with Gasteiger partial charge in [-0.05, 0) is 48.0 Å². The third-order valence-electron chi connectivity index (χ3n) is 4.66. The first-order valence-electron chi connectivity index (χ1n) is 9.18. The first-order chi connectivity index (χ1) is 14.2. The summed E-state index contributed by atoms with van der Waals surface area (Å²) in [5.74, 6) is 1.88. The zero-order valence-corrected chi connectivity index (χ0v) is 16.2. The molecule has 0 saturated heterocycles. The van der Waals surface area contributed by atoms with Crippen molar-refractivity contribution in [2.75, 3.05) is 14.2 Å². The van der Waals surface area contributed by atoms with E-state index in [1.165, 1.54) is 0 Å². The van der Waals surface area contributed by atoms with E-state index in [9.17, 15) is 4.79 Å². The predicted octanol–water partition coefficient (Wildman–Crippen LogP) is 4.57. The Hall–Kier alpha value is -3.86. The number of para-hydroxylation sites is 2. The highest BCUT2D eigenvalue weighted by molar-refractivity contribution is 5.85. The standard InChI is InChI=1S/C24H20N2O3/c1-28-19-14-11-17(12-15-19)13-16-22-25-23-20(9-6-10-21(23)29-2)24(27)26(22)18-7-4-3-5-8-18/h3-16H,1-2H3/b16-13+. The van der Waals surface area contributed by atoms with Crippen LogP contribution in [0.2, 0.25) is 0 Å². The van der Waals surface area contributed by atoms with Crippen LogP contribution in [0, 0.1) is 0 Å². The number of methoxy groups -OCH3 is 2. The first-order valence-corrected chi connectivity index (χ1v) is 9.18. The van der Waals surface area contributed by atoms with Gasteiger partial charge in [-0.25, -0.2) is 4.98 Å². The summed E-state index contributed by atoms with van der Waals surface area (Å²) < 4.78 is 12.2. The van der Waals surface area contributed by atoms with E-state index in [1.54, 1.807) is 37.0 Å². The minimum absolute atomic E-state index is 0.144. The predicted molar refractivity (Wildman–Crippen MR) is 116 cm³/mol. The summed E-state index contributed by atoms with van der Waals surface area (Å²) in [6, 6.07) is 22.5. The van der Waals surface area contributed by atoms with Crippen molar-refractivity contribution in [2.24, 2.45) is 0 Å². The van der Waals surface area contributed by atoms with Crippen molar-refractivity contribution in [3.63, 3.8) is 0 Å². The van der Waals surface area contributed by atoms with E-state index < -0.39 is 0 Å². The van der Waals surface area contributed by atoms with Crippen LogP contribution in [0.25, 0.3) is 28.7 Å². The van der Waals surface area contributed by atoms with E-state index >= 15 is 0 Å². The monoisotopic (exact) mass is 384 g/mol. The highest BCUT2D eigenvalue weighted by Gasteiger charge is 2.13. The van der Waals surface area contributed by atoms with Crippen LogP contribution < -0.4 is 15.0 Å². The average molecular weight is 384 g/mol. The lowest BCUT2D eigenvalue weighted by Crippen LogP contribution is -2.22. The van der Waals surface area contributed by atoms with Gasteiger partial charge < -0.3 is 9.47 Å². The molecule has 0 amide bonds. The fourth-order valence-electron chi connectivity index (χ4n) is 3.19. The Morgan fingerprint density at radius 3 is 2.28 bits per heavy atom. The van der Waals surface area contributed by atoms with Crippen LogP contribution in [0.15, 0.2) is 77.6 Å².